The van der Waals surface area contributed by atoms with E-state index in [-0.39, 0.29) is 11.3 Å². The normalized spacial score (nSPS) is 14.0. The summed E-state index contributed by atoms with van der Waals surface area (Å²) in [5.74, 6) is 1.39. The maximum atomic E-state index is 12.1. The van der Waals surface area contributed by atoms with Crippen LogP contribution in [-0.4, -0.2) is 42.6 Å². The number of rotatable bonds is 7. The highest BCUT2D eigenvalue weighted by Crippen LogP contribution is 2.38. The van der Waals surface area contributed by atoms with Gasteiger partial charge in [0.2, 0.25) is 5.95 Å². The van der Waals surface area contributed by atoms with E-state index < -0.39 is 0 Å². The molecular weight excluding hydrogens is 414 g/mol. The molecule has 8 nitrogen and oxygen atoms in total. The molecule has 3 rings (SSSR count). The third kappa shape index (κ3) is 6.13. The fourth-order valence-corrected chi connectivity index (χ4v) is 4.17. The van der Waals surface area contributed by atoms with Gasteiger partial charge in [0.15, 0.2) is 0 Å². The van der Waals surface area contributed by atoms with Gasteiger partial charge in [-0.15, -0.1) is 0 Å². The van der Waals surface area contributed by atoms with Gasteiger partial charge in [0.1, 0.15) is 11.6 Å². The van der Waals surface area contributed by atoms with Crippen LogP contribution < -0.4 is 20.9 Å². The molecule has 176 valence electrons. The number of nitrogens with zero attached hydrogens (tertiary/aromatic N) is 4. The topological polar surface area (TPSA) is 86.5 Å². The van der Waals surface area contributed by atoms with E-state index in [0.29, 0.717) is 34.9 Å². The van der Waals surface area contributed by atoms with Crippen molar-refractivity contribution in [1.29, 1.82) is 0 Å². The zero-order chi connectivity index (χ0) is 24.2. The van der Waals surface area contributed by atoms with Crippen molar-refractivity contribution in [3.05, 3.63) is 40.7 Å². The minimum absolute atomic E-state index is 0.0318. The van der Waals surface area contributed by atoms with E-state index in [0.717, 1.165) is 30.6 Å². The van der Waals surface area contributed by atoms with Gasteiger partial charge in [0.25, 0.3) is 11.6 Å². The number of anilines is 4. The Balaban J connectivity index is 2.06. The van der Waals surface area contributed by atoms with Crippen LogP contribution in [0.3, 0.4) is 0 Å². The molecule has 1 aliphatic carbocycles. The summed E-state index contributed by atoms with van der Waals surface area (Å²) in [7, 11) is 3.57. The summed E-state index contributed by atoms with van der Waals surface area (Å²) < 4.78 is 0. The summed E-state index contributed by atoms with van der Waals surface area (Å²) in [4.78, 5) is 27.4. The molecule has 0 saturated heterocycles. The molecule has 1 aromatic heterocycles. The van der Waals surface area contributed by atoms with Gasteiger partial charge in [-0.3, -0.25) is 4.79 Å². The monoisotopic (exact) mass is 449 g/mol. The van der Waals surface area contributed by atoms with E-state index in [9.17, 15) is 4.79 Å². The number of aryl methyl sites for hydroxylation is 1. The van der Waals surface area contributed by atoms with E-state index in [1.807, 2.05) is 24.9 Å². The van der Waals surface area contributed by atoms with Gasteiger partial charge in [-0.2, -0.15) is 0 Å². The molecule has 2 aromatic rings. The number of amides is 1. The fourth-order valence-electron chi connectivity index (χ4n) is 4.17. The van der Waals surface area contributed by atoms with Crippen molar-refractivity contribution in [2.75, 3.05) is 36.2 Å². The summed E-state index contributed by atoms with van der Waals surface area (Å²) in [5, 5.41) is 9.45. The smallest absolute Gasteiger partial charge is 0.269 e. The minimum Gasteiger partial charge on any atom is -0.368 e. The molecular formula is C25H35N7O. The Morgan fingerprint density at radius 1 is 1.24 bits per heavy atom. The van der Waals surface area contributed by atoms with E-state index in [4.69, 9.17) is 16.5 Å². The Kier molecular flexibility index (Phi) is 7.42. The van der Waals surface area contributed by atoms with E-state index in [1.54, 1.807) is 19.2 Å². The van der Waals surface area contributed by atoms with Crippen molar-refractivity contribution in [3.8, 4) is 0 Å². The van der Waals surface area contributed by atoms with Crippen LogP contribution in [0.5, 0.6) is 0 Å². The molecule has 0 aliphatic heterocycles. The highest BCUT2D eigenvalue weighted by molar-refractivity contribution is 5.95. The van der Waals surface area contributed by atoms with Crippen molar-refractivity contribution < 1.29 is 4.79 Å². The zero-order valence-electron chi connectivity index (χ0n) is 20.5. The lowest BCUT2D eigenvalue weighted by Gasteiger charge is -2.29. The van der Waals surface area contributed by atoms with Crippen LogP contribution in [0.1, 0.15) is 62.4 Å². The van der Waals surface area contributed by atoms with Gasteiger partial charge >= 0.3 is 0 Å². The van der Waals surface area contributed by atoms with Crippen LogP contribution in [0, 0.1) is 18.9 Å². The standard InChI is InChI=1S/C25H35N7O/c1-16-12-13-17(23(33)27-6)14-19(16)29-21-20(26-5)22(32(7)15-25(2,3)4)31-24(30-21)28-18-10-8-9-11-18/h12-14,18H,8-11,15H2,1-4,6-7H3,(H,27,33)(H2,28,29,30,31). The number of nitrogens with one attached hydrogen (secondary N) is 3. The van der Waals surface area contributed by atoms with Gasteiger partial charge < -0.3 is 20.9 Å². The van der Waals surface area contributed by atoms with Crippen LogP contribution in [0.25, 0.3) is 4.85 Å². The maximum Gasteiger partial charge on any atom is 0.269 e. The minimum atomic E-state index is -0.166. The van der Waals surface area contributed by atoms with Gasteiger partial charge in [0.05, 0.1) is 6.57 Å². The zero-order valence-corrected chi connectivity index (χ0v) is 20.5. The third-order valence-corrected chi connectivity index (χ3v) is 5.72. The molecule has 1 heterocycles. The molecule has 0 unspecified atom stereocenters. The Morgan fingerprint density at radius 2 is 1.94 bits per heavy atom. The number of hydrogen-bond donors (Lipinski definition) is 3. The second-order valence-electron chi connectivity index (χ2n) is 9.96. The molecule has 1 fully saturated rings. The van der Waals surface area contributed by atoms with Crippen LogP contribution in [-0.2, 0) is 0 Å². The maximum absolute atomic E-state index is 12.1. The average molecular weight is 450 g/mol. The number of carbonyl (C=O) groups excluding carboxylic acids is 1. The SMILES string of the molecule is [C-]#[N+]c1c(Nc2cc(C(=O)NC)ccc2C)nc(NC2CCCC2)nc1N(C)CC(C)(C)C. The first kappa shape index (κ1) is 24.3. The lowest BCUT2D eigenvalue weighted by atomic mass is 9.96. The highest BCUT2D eigenvalue weighted by atomic mass is 16.1. The quantitative estimate of drug-likeness (QED) is 0.499. The molecule has 0 atom stereocenters. The van der Waals surface area contributed by atoms with E-state index in [2.05, 4.69) is 41.6 Å². The van der Waals surface area contributed by atoms with Gasteiger partial charge in [0, 0.05) is 37.9 Å². The van der Waals surface area contributed by atoms with Crippen molar-refractivity contribution in [1.82, 2.24) is 15.3 Å². The molecule has 0 radical (unpaired) electrons. The Morgan fingerprint density at radius 3 is 2.55 bits per heavy atom. The van der Waals surface area contributed by atoms with Crippen LogP contribution in [0.2, 0.25) is 0 Å². The van der Waals surface area contributed by atoms with Gasteiger partial charge in [-0.05, 0) is 42.9 Å². The predicted molar refractivity (Wildman–Crippen MR) is 135 cm³/mol. The lowest BCUT2D eigenvalue weighted by molar-refractivity contribution is 0.0963. The lowest BCUT2D eigenvalue weighted by Crippen LogP contribution is -2.30. The molecule has 0 spiro atoms. The number of hydrogen-bond acceptors (Lipinski definition) is 6. The summed E-state index contributed by atoms with van der Waals surface area (Å²) in [5.41, 5.74) is 2.62. The summed E-state index contributed by atoms with van der Waals surface area (Å²) in [6.07, 6.45) is 4.59. The van der Waals surface area contributed by atoms with Crippen molar-refractivity contribution in [2.24, 2.45) is 5.41 Å². The first-order chi connectivity index (χ1) is 15.6. The van der Waals surface area contributed by atoms with Crippen molar-refractivity contribution >= 4 is 34.9 Å². The molecule has 3 N–H and O–H groups in total. The molecule has 1 aliphatic rings. The first-order valence-electron chi connectivity index (χ1n) is 11.5. The van der Waals surface area contributed by atoms with Crippen LogP contribution in [0.4, 0.5) is 29.0 Å². The molecule has 1 aromatic carbocycles. The van der Waals surface area contributed by atoms with Gasteiger partial charge in [-0.1, -0.05) is 39.7 Å². The van der Waals surface area contributed by atoms with Crippen molar-refractivity contribution in [2.45, 2.75) is 59.4 Å². The second kappa shape index (κ2) is 10.1. The molecule has 33 heavy (non-hydrogen) atoms. The Hall–Kier alpha value is -3.34. The number of aromatic nitrogens is 2. The van der Waals surface area contributed by atoms with E-state index >= 15 is 0 Å². The summed E-state index contributed by atoms with van der Waals surface area (Å²) in [6, 6.07) is 5.79. The fraction of sp³-hybridized carbons (Fsp3) is 0.520. The summed E-state index contributed by atoms with van der Waals surface area (Å²) >= 11 is 0. The molecule has 0 bridgehead atoms. The molecule has 1 amide bonds. The molecule has 8 heteroatoms. The predicted octanol–water partition coefficient (Wildman–Crippen LogP) is 5.28. The van der Waals surface area contributed by atoms with E-state index in [1.165, 1.54) is 12.8 Å². The van der Waals surface area contributed by atoms with Crippen LogP contribution >= 0.6 is 0 Å². The summed E-state index contributed by atoms with van der Waals surface area (Å²) in [6.45, 7) is 17.1. The third-order valence-electron chi connectivity index (χ3n) is 5.72. The molecule has 1 saturated carbocycles. The second-order valence-corrected chi connectivity index (χ2v) is 9.96. The van der Waals surface area contributed by atoms with Gasteiger partial charge in [-0.25, -0.2) is 14.8 Å². The average Bonchev–Trinajstić information content (AvgIpc) is 3.26. The Bertz CT molecular complexity index is 1050. The van der Waals surface area contributed by atoms with Crippen molar-refractivity contribution in [3.63, 3.8) is 0 Å². The number of carbonyl (C=O) groups is 1. The van der Waals surface area contributed by atoms with Crippen LogP contribution in [0.15, 0.2) is 18.2 Å². The number of benzene rings is 1. The largest absolute Gasteiger partial charge is 0.368 e. The highest BCUT2D eigenvalue weighted by Gasteiger charge is 2.24. The Labute approximate surface area is 197 Å². The first-order valence-corrected chi connectivity index (χ1v) is 11.5.